The summed E-state index contributed by atoms with van der Waals surface area (Å²) < 4.78 is 102. The Morgan fingerprint density at radius 2 is 1.18 bits per heavy atom. The molecule has 0 amide bonds. The molecule has 200 valence electrons. The van der Waals surface area contributed by atoms with Gasteiger partial charge in [0.05, 0.1) is 0 Å². The average molecular weight is 542 g/mol. The van der Waals surface area contributed by atoms with Crippen LogP contribution in [0.3, 0.4) is 0 Å². The largest absolute Gasteiger partial charge is 0.464 e. The van der Waals surface area contributed by atoms with Crippen molar-refractivity contribution in [1.82, 2.24) is 0 Å². The third-order valence-corrected chi connectivity index (χ3v) is 6.02. The van der Waals surface area contributed by atoms with E-state index in [9.17, 15) is 30.7 Å². The second-order valence-electron chi connectivity index (χ2n) is 8.65. The zero-order valence-electron chi connectivity index (χ0n) is 20.4. The maximum Gasteiger partial charge on any atom is 0.310 e. The zero-order valence-corrected chi connectivity index (χ0v) is 20.4. The maximum atomic E-state index is 14.9. The van der Waals surface area contributed by atoms with Crippen LogP contribution in [0.15, 0.2) is 91.5 Å². The van der Waals surface area contributed by atoms with E-state index in [1.807, 2.05) is 0 Å². The first-order valence-corrected chi connectivity index (χ1v) is 11.8. The average Bonchev–Trinajstić information content (AvgIpc) is 2.93. The van der Waals surface area contributed by atoms with Crippen LogP contribution in [0.1, 0.15) is 16.7 Å². The van der Waals surface area contributed by atoms with Crippen LogP contribution in [0.2, 0.25) is 0 Å². The standard InChI is InChI=1S/C31H21F7O/c1-2-13-39-31(38)29(36)20-8-5-18(6-9-20)3-4-19-7-11-23(25(32)14-19)21-10-12-24(26(33)15-21)22-16-27(34)30(37)28(35)17-22/h2,5-12,14-17H,1,3-4,13H2. The fourth-order valence-corrected chi connectivity index (χ4v) is 3.99. The summed E-state index contributed by atoms with van der Waals surface area (Å²) >= 11 is 0. The Hall–Kier alpha value is -4.33. The Morgan fingerprint density at radius 1 is 0.641 bits per heavy atom. The summed E-state index contributed by atoms with van der Waals surface area (Å²) in [6, 6.07) is 14.3. The summed E-state index contributed by atoms with van der Waals surface area (Å²) in [4.78, 5) is 0. The third kappa shape index (κ3) is 6.39. The fourth-order valence-electron chi connectivity index (χ4n) is 3.99. The smallest absolute Gasteiger partial charge is 0.310 e. The first-order chi connectivity index (χ1) is 18.7. The van der Waals surface area contributed by atoms with Crippen LogP contribution >= 0.6 is 0 Å². The minimum absolute atomic E-state index is 0.0173. The number of rotatable bonds is 9. The molecule has 0 aliphatic carbocycles. The van der Waals surface area contributed by atoms with Gasteiger partial charge < -0.3 is 4.74 Å². The highest BCUT2D eigenvalue weighted by molar-refractivity contribution is 5.71. The molecule has 0 atom stereocenters. The predicted octanol–water partition coefficient (Wildman–Crippen LogP) is 9.27. The maximum absolute atomic E-state index is 14.9. The van der Waals surface area contributed by atoms with Gasteiger partial charge in [-0.1, -0.05) is 61.2 Å². The third-order valence-electron chi connectivity index (χ3n) is 6.02. The van der Waals surface area contributed by atoms with Crippen LogP contribution in [0.25, 0.3) is 28.1 Å². The molecule has 0 unspecified atom stereocenters. The van der Waals surface area contributed by atoms with E-state index in [1.165, 1.54) is 42.5 Å². The van der Waals surface area contributed by atoms with Crippen LogP contribution in [0.5, 0.6) is 0 Å². The van der Waals surface area contributed by atoms with Gasteiger partial charge >= 0.3 is 6.01 Å². The van der Waals surface area contributed by atoms with Crippen molar-refractivity contribution in [3.8, 4) is 22.3 Å². The molecule has 0 aliphatic rings. The van der Waals surface area contributed by atoms with Crippen LogP contribution in [0, 0.1) is 29.1 Å². The van der Waals surface area contributed by atoms with E-state index in [4.69, 9.17) is 0 Å². The molecule has 8 heteroatoms. The minimum atomic E-state index is -1.65. The van der Waals surface area contributed by atoms with Crippen LogP contribution in [0.4, 0.5) is 30.7 Å². The topological polar surface area (TPSA) is 9.23 Å². The second kappa shape index (κ2) is 12.0. The van der Waals surface area contributed by atoms with E-state index >= 15 is 0 Å². The monoisotopic (exact) mass is 542 g/mol. The van der Waals surface area contributed by atoms with Gasteiger partial charge in [-0.3, -0.25) is 0 Å². The van der Waals surface area contributed by atoms with Crippen molar-refractivity contribution in [2.75, 3.05) is 6.61 Å². The second-order valence-corrected chi connectivity index (χ2v) is 8.65. The van der Waals surface area contributed by atoms with Gasteiger partial charge in [-0.05, 0) is 59.4 Å². The quantitative estimate of drug-likeness (QED) is 0.0887. The summed E-state index contributed by atoms with van der Waals surface area (Å²) in [6.45, 7) is 3.20. The molecule has 0 fully saturated rings. The molecule has 4 aromatic rings. The van der Waals surface area contributed by atoms with Gasteiger partial charge in [0.15, 0.2) is 17.5 Å². The molecule has 39 heavy (non-hydrogen) atoms. The fraction of sp³-hybridized carbons (Fsp3) is 0.0968. The normalized spacial score (nSPS) is 11.8. The molecule has 0 radical (unpaired) electrons. The Bertz CT molecular complexity index is 1520. The van der Waals surface area contributed by atoms with Crippen LogP contribution in [-0.4, -0.2) is 6.61 Å². The summed E-state index contributed by atoms with van der Waals surface area (Å²) in [5.74, 6) is -7.13. The lowest BCUT2D eigenvalue weighted by molar-refractivity contribution is 0.169. The summed E-state index contributed by atoms with van der Waals surface area (Å²) in [5, 5.41) is 0. The molecular weight excluding hydrogens is 521 g/mol. The lowest BCUT2D eigenvalue weighted by Gasteiger charge is -2.10. The molecule has 0 spiro atoms. The van der Waals surface area contributed by atoms with Gasteiger partial charge in [-0.15, -0.1) is 0 Å². The molecule has 0 aliphatic heterocycles. The lowest BCUT2D eigenvalue weighted by atomic mass is 9.97. The Labute approximate surface area is 220 Å². The van der Waals surface area contributed by atoms with Gasteiger partial charge in [-0.25, -0.2) is 22.0 Å². The molecule has 0 saturated heterocycles. The number of ether oxygens (including phenoxy) is 1. The van der Waals surface area contributed by atoms with E-state index in [0.717, 1.165) is 11.6 Å². The summed E-state index contributed by atoms with van der Waals surface area (Å²) in [6.07, 6.45) is 2.23. The van der Waals surface area contributed by atoms with Crippen molar-refractivity contribution in [2.24, 2.45) is 0 Å². The van der Waals surface area contributed by atoms with Crippen molar-refractivity contribution in [2.45, 2.75) is 12.8 Å². The van der Waals surface area contributed by atoms with Crippen molar-refractivity contribution in [3.63, 3.8) is 0 Å². The molecule has 4 aromatic carbocycles. The first-order valence-electron chi connectivity index (χ1n) is 11.8. The van der Waals surface area contributed by atoms with Crippen molar-refractivity contribution >= 4 is 5.83 Å². The Balaban J connectivity index is 1.46. The Morgan fingerprint density at radius 3 is 1.79 bits per heavy atom. The van der Waals surface area contributed by atoms with E-state index in [2.05, 4.69) is 11.3 Å². The highest BCUT2D eigenvalue weighted by atomic mass is 19.2. The predicted molar refractivity (Wildman–Crippen MR) is 136 cm³/mol. The van der Waals surface area contributed by atoms with Gasteiger partial charge in [0.1, 0.15) is 18.2 Å². The number of halogens is 7. The number of aryl methyl sites for hydroxylation is 2. The van der Waals surface area contributed by atoms with E-state index in [0.29, 0.717) is 30.5 Å². The summed E-state index contributed by atoms with van der Waals surface area (Å²) in [7, 11) is 0. The van der Waals surface area contributed by atoms with Crippen molar-refractivity contribution < 1.29 is 35.5 Å². The molecular formula is C31H21F7O. The Kier molecular flexibility index (Phi) is 8.54. The zero-order chi connectivity index (χ0) is 28.1. The minimum Gasteiger partial charge on any atom is -0.464 e. The van der Waals surface area contributed by atoms with E-state index < -0.39 is 40.9 Å². The number of hydrogen-bond acceptors (Lipinski definition) is 1. The first kappa shape index (κ1) is 27.7. The van der Waals surface area contributed by atoms with Crippen LogP contribution < -0.4 is 0 Å². The van der Waals surface area contributed by atoms with Crippen LogP contribution in [-0.2, 0) is 17.6 Å². The molecule has 4 rings (SSSR count). The van der Waals surface area contributed by atoms with E-state index in [1.54, 1.807) is 18.2 Å². The van der Waals surface area contributed by atoms with Gasteiger partial charge in [0.2, 0.25) is 5.83 Å². The van der Waals surface area contributed by atoms with E-state index in [-0.39, 0.29) is 34.4 Å². The molecule has 0 saturated carbocycles. The van der Waals surface area contributed by atoms with Gasteiger partial charge in [0, 0.05) is 16.7 Å². The SMILES string of the molecule is C=CCOC(F)=C(F)c1ccc(CCc2ccc(-c3ccc(-c4cc(F)c(F)c(F)c4)c(F)c3)c(F)c2)cc1. The molecule has 0 N–H and O–H groups in total. The van der Waals surface area contributed by atoms with Crippen molar-refractivity contribution in [1.29, 1.82) is 0 Å². The molecule has 0 heterocycles. The number of hydrogen-bond donors (Lipinski definition) is 0. The lowest BCUT2D eigenvalue weighted by Crippen LogP contribution is -1.96. The molecule has 0 bridgehead atoms. The molecule has 1 nitrogen and oxygen atoms in total. The van der Waals surface area contributed by atoms with Gasteiger partial charge in [0.25, 0.3) is 0 Å². The highest BCUT2D eigenvalue weighted by Crippen LogP contribution is 2.31. The van der Waals surface area contributed by atoms with Gasteiger partial charge in [-0.2, -0.15) is 8.78 Å². The van der Waals surface area contributed by atoms with Crippen molar-refractivity contribution in [3.05, 3.63) is 137 Å². The highest BCUT2D eigenvalue weighted by Gasteiger charge is 2.16. The number of benzene rings is 4. The summed E-state index contributed by atoms with van der Waals surface area (Å²) in [5.41, 5.74) is 1.46. The molecule has 0 aromatic heterocycles.